The molecule has 5 heteroatoms. The molecule has 0 heterocycles. The Morgan fingerprint density at radius 1 is 0.885 bits per heavy atom. The van der Waals surface area contributed by atoms with Crippen LogP contribution in [0.2, 0.25) is 0 Å². The molecule has 0 unspecified atom stereocenters. The molecule has 2 amide bonds. The van der Waals surface area contributed by atoms with Gasteiger partial charge in [-0.05, 0) is 26.8 Å². The van der Waals surface area contributed by atoms with Crippen LogP contribution in [0.4, 0.5) is 0 Å². The molecule has 136 valence electrons. The number of likely N-dealkylation sites (N-methyl/N-ethyl adjacent to an activating group) is 1. The molecule has 0 saturated heterocycles. The summed E-state index contributed by atoms with van der Waals surface area (Å²) < 4.78 is 0. The maximum atomic E-state index is 12.8. The van der Waals surface area contributed by atoms with E-state index in [9.17, 15) is 14.4 Å². The number of carbonyl (C=O) groups excluding carboxylic acids is 3. The SMILES string of the molecule is CN(CC(=O)NC(C)(C)C)C(=O)c1ccccc1C(=O)c1ccccc1. The van der Waals surface area contributed by atoms with Crippen LogP contribution in [0.15, 0.2) is 54.6 Å². The number of rotatable bonds is 5. The van der Waals surface area contributed by atoms with Gasteiger partial charge >= 0.3 is 0 Å². The summed E-state index contributed by atoms with van der Waals surface area (Å²) in [6.45, 7) is 5.55. The van der Waals surface area contributed by atoms with Crippen LogP contribution < -0.4 is 5.32 Å². The molecule has 0 aromatic heterocycles. The number of nitrogens with one attached hydrogen (secondary N) is 1. The minimum absolute atomic E-state index is 0.0794. The van der Waals surface area contributed by atoms with Crippen molar-refractivity contribution in [1.29, 1.82) is 0 Å². The van der Waals surface area contributed by atoms with Crippen LogP contribution in [0, 0.1) is 0 Å². The zero-order chi connectivity index (χ0) is 19.3. The third kappa shape index (κ3) is 5.02. The smallest absolute Gasteiger partial charge is 0.254 e. The standard InChI is InChI=1S/C21H24N2O3/c1-21(2,3)22-18(24)14-23(4)20(26)17-13-9-8-12-16(17)19(25)15-10-6-5-7-11-15/h5-13H,14H2,1-4H3,(H,22,24). The first-order valence-electron chi connectivity index (χ1n) is 8.44. The van der Waals surface area contributed by atoms with Gasteiger partial charge in [0.05, 0.1) is 12.1 Å². The molecule has 0 aliphatic rings. The zero-order valence-corrected chi connectivity index (χ0v) is 15.6. The van der Waals surface area contributed by atoms with E-state index in [0.29, 0.717) is 11.1 Å². The predicted octanol–water partition coefficient (Wildman–Crippen LogP) is 2.90. The van der Waals surface area contributed by atoms with Crippen LogP contribution in [-0.2, 0) is 4.79 Å². The Morgan fingerprint density at radius 3 is 2.00 bits per heavy atom. The van der Waals surface area contributed by atoms with E-state index in [1.165, 1.54) is 4.90 Å². The summed E-state index contributed by atoms with van der Waals surface area (Å²) in [5, 5.41) is 2.82. The van der Waals surface area contributed by atoms with E-state index in [-0.39, 0.29) is 35.2 Å². The highest BCUT2D eigenvalue weighted by Crippen LogP contribution is 2.16. The van der Waals surface area contributed by atoms with Crippen LogP contribution in [0.1, 0.15) is 47.1 Å². The first kappa shape index (κ1) is 19.4. The molecule has 2 aromatic carbocycles. The van der Waals surface area contributed by atoms with Gasteiger partial charge < -0.3 is 10.2 Å². The quantitative estimate of drug-likeness (QED) is 0.842. The predicted molar refractivity (Wildman–Crippen MR) is 101 cm³/mol. The Hall–Kier alpha value is -2.95. The van der Waals surface area contributed by atoms with E-state index in [2.05, 4.69) is 5.32 Å². The highest BCUT2D eigenvalue weighted by atomic mass is 16.2. The van der Waals surface area contributed by atoms with Crippen molar-refractivity contribution in [1.82, 2.24) is 10.2 Å². The molecular formula is C21H24N2O3. The van der Waals surface area contributed by atoms with E-state index >= 15 is 0 Å². The monoisotopic (exact) mass is 352 g/mol. The van der Waals surface area contributed by atoms with Crippen molar-refractivity contribution in [2.24, 2.45) is 0 Å². The second-order valence-electron chi connectivity index (χ2n) is 7.20. The molecule has 0 atom stereocenters. The minimum atomic E-state index is -0.373. The molecule has 2 rings (SSSR count). The fourth-order valence-corrected chi connectivity index (χ4v) is 2.56. The van der Waals surface area contributed by atoms with E-state index in [1.807, 2.05) is 26.8 Å². The zero-order valence-electron chi connectivity index (χ0n) is 15.6. The number of amides is 2. The number of nitrogens with zero attached hydrogens (tertiary/aromatic N) is 1. The summed E-state index contributed by atoms with van der Waals surface area (Å²) in [7, 11) is 1.55. The Balaban J connectivity index is 2.22. The summed E-state index contributed by atoms with van der Waals surface area (Å²) in [4.78, 5) is 38.9. The van der Waals surface area contributed by atoms with Crippen molar-refractivity contribution < 1.29 is 14.4 Å². The van der Waals surface area contributed by atoms with Crippen LogP contribution >= 0.6 is 0 Å². The summed E-state index contributed by atoms with van der Waals surface area (Å²) in [6.07, 6.45) is 0. The number of carbonyl (C=O) groups is 3. The van der Waals surface area contributed by atoms with Gasteiger partial charge in [0.15, 0.2) is 5.78 Å². The van der Waals surface area contributed by atoms with Crippen LogP contribution in [0.3, 0.4) is 0 Å². The van der Waals surface area contributed by atoms with Crippen molar-refractivity contribution in [2.75, 3.05) is 13.6 Å². The third-order valence-corrected chi connectivity index (χ3v) is 3.68. The summed E-state index contributed by atoms with van der Waals surface area (Å²) in [5.41, 5.74) is 0.752. The van der Waals surface area contributed by atoms with Crippen molar-refractivity contribution in [3.63, 3.8) is 0 Å². The number of hydrogen-bond acceptors (Lipinski definition) is 3. The topological polar surface area (TPSA) is 66.5 Å². The third-order valence-electron chi connectivity index (χ3n) is 3.68. The molecule has 1 N–H and O–H groups in total. The second kappa shape index (κ2) is 7.95. The first-order chi connectivity index (χ1) is 12.2. The van der Waals surface area contributed by atoms with Gasteiger partial charge in [0.2, 0.25) is 5.91 Å². The molecule has 0 spiro atoms. The van der Waals surface area contributed by atoms with Gasteiger partial charge in [-0.2, -0.15) is 0 Å². The largest absolute Gasteiger partial charge is 0.350 e. The lowest BCUT2D eigenvalue weighted by Gasteiger charge is -2.24. The molecular weight excluding hydrogens is 328 g/mol. The lowest BCUT2D eigenvalue weighted by Crippen LogP contribution is -2.46. The average Bonchev–Trinajstić information content (AvgIpc) is 2.59. The highest BCUT2D eigenvalue weighted by Gasteiger charge is 2.23. The fraction of sp³-hybridized carbons (Fsp3) is 0.286. The van der Waals surface area contributed by atoms with Gasteiger partial charge in [0, 0.05) is 23.7 Å². The number of benzene rings is 2. The normalized spacial score (nSPS) is 10.9. The van der Waals surface area contributed by atoms with E-state index in [0.717, 1.165) is 0 Å². The van der Waals surface area contributed by atoms with Gasteiger partial charge in [-0.1, -0.05) is 48.5 Å². The molecule has 0 aliphatic carbocycles. The summed E-state index contributed by atoms with van der Waals surface area (Å²) in [6, 6.07) is 15.5. The van der Waals surface area contributed by atoms with Gasteiger partial charge in [0.1, 0.15) is 0 Å². The lowest BCUT2D eigenvalue weighted by molar-refractivity contribution is -0.122. The molecule has 0 radical (unpaired) electrons. The molecule has 5 nitrogen and oxygen atoms in total. The van der Waals surface area contributed by atoms with E-state index < -0.39 is 0 Å². The number of ketones is 1. The highest BCUT2D eigenvalue weighted by molar-refractivity contribution is 6.15. The lowest BCUT2D eigenvalue weighted by atomic mass is 9.97. The molecule has 0 bridgehead atoms. The van der Waals surface area contributed by atoms with E-state index in [4.69, 9.17) is 0 Å². The maximum Gasteiger partial charge on any atom is 0.254 e. The Bertz CT molecular complexity index is 808. The van der Waals surface area contributed by atoms with Crippen molar-refractivity contribution in [3.05, 3.63) is 71.3 Å². The number of hydrogen-bond donors (Lipinski definition) is 1. The van der Waals surface area contributed by atoms with Crippen molar-refractivity contribution in [3.8, 4) is 0 Å². The molecule has 2 aromatic rings. The first-order valence-corrected chi connectivity index (χ1v) is 8.44. The van der Waals surface area contributed by atoms with Gasteiger partial charge in [0.25, 0.3) is 5.91 Å². The average molecular weight is 352 g/mol. The summed E-state index contributed by atoms with van der Waals surface area (Å²) >= 11 is 0. The van der Waals surface area contributed by atoms with Crippen molar-refractivity contribution >= 4 is 17.6 Å². The second-order valence-corrected chi connectivity index (χ2v) is 7.20. The molecule has 0 aliphatic heterocycles. The van der Waals surface area contributed by atoms with Crippen LogP contribution in [0.5, 0.6) is 0 Å². The molecule has 0 saturated carbocycles. The van der Waals surface area contributed by atoms with Gasteiger partial charge in [-0.25, -0.2) is 0 Å². The molecule has 26 heavy (non-hydrogen) atoms. The molecule has 0 fully saturated rings. The van der Waals surface area contributed by atoms with E-state index in [1.54, 1.807) is 55.6 Å². The Kier molecular flexibility index (Phi) is 5.93. The Labute approximate surface area is 154 Å². The maximum absolute atomic E-state index is 12.8. The van der Waals surface area contributed by atoms with Crippen molar-refractivity contribution in [2.45, 2.75) is 26.3 Å². The minimum Gasteiger partial charge on any atom is -0.350 e. The van der Waals surface area contributed by atoms with Gasteiger partial charge in [-0.3, -0.25) is 14.4 Å². The van der Waals surface area contributed by atoms with Crippen LogP contribution in [0.25, 0.3) is 0 Å². The Morgan fingerprint density at radius 2 is 1.42 bits per heavy atom. The summed E-state index contributed by atoms with van der Waals surface area (Å²) in [5.74, 6) is -0.837. The fourth-order valence-electron chi connectivity index (χ4n) is 2.56. The van der Waals surface area contributed by atoms with Crippen LogP contribution in [-0.4, -0.2) is 41.6 Å². The van der Waals surface area contributed by atoms with Gasteiger partial charge in [-0.15, -0.1) is 0 Å².